The number of ether oxygens (including phenoxy) is 1. The van der Waals surface area contributed by atoms with Gasteiger partial charge in [-0.05, 0) is 38.3 Å². The van der Waals surface area contributed by atoms with Gasteiger partial charge < -0.3 is 4.74 Å². The quantitative estimate of drug-likeness (QED) is 0.770. The lowest BCUT2D eigenvalue weighted by atomic mass is 9.80. The van der Waals surface area contributed by atoms with E-state index in [4.69, 9.17) is 4.74 Å². The van der Waals surface area contributed by atoms with Crippen LogP contribution in [0.25, 0.3) is 0 Å². The predicted molar refractivity (Wildman–Crippen MR) is 68.8 cm³/mol. The Hall–Kier alpha value is -1.64. The monoisotopic (exact) mass is 246 g/mol. The summed E-state index contributed by atoms with van der Waals surface area (Å²) in [5.74, 6) is -0.143. The van der Waals surface area contributed by atoms with Crippen LogP contribution < -0.4 is 0 Å². The molecule has 96 valence electrons. The van der Waals surface area contributed by atoms with E-state index in [9.17, 15) is 9.59 Å². The Morgan fingerprint density at radius 3 is 2.72 bits per heavy atom. The zero-order valence-corrected chi connectivity index (χ0v) is 11.1. The number of rotatable bonds is 3. The minimum Gasteiger partial charge on any atom is -0.465 e. The lowest BCUT2D eigenvalue weighted by Gasteiger charge is -2.25. The SMILES string of the molecule is CCOC(=O)C(C)(C)c1cccc2c1C(=O)CC2. The highest BCUT2D eigenvalue weighted by Gasteiger charge is 2.36. The van der Waals surface area contributed by atoms with Crippen molar-refractivity contribution in [2.75, 3.05) is 6.61 Å². The highest BCUT2D eigenvalue weighted by molar-refractivity contribution is 6.03. The van der Waals surface area contributed by atoms with E-state index in [2.05, 4.69) is 0 Å². The normalized spacial score (nSPS) is 14.5. The van der Waals surface area contributed by atoms with Crippen molar-refractivity contribution in [3.05, 3.63) is 34.9 Å². The summed E-state index contributed by atoms with van der Waals surface area (Å²) in [4.78, 5) is 24.0. The average molecular weight is 246 g/mol. The van der Waals surface area contributed by atoms with Gasteiger partial charge in [0.05, 0.1) is 12.0 Å². The van der Waals surface area contributed by atoms with E-state index in [1.165, 1.54) is 0 Å². The molecular formula is C15H18O3. The second kappa shape index (κ2) is 4.56. The van der Waals surface area contributed by atoms with Crippen molar-refractivity contribution in [2.45, 2.75) is 39.0 Å². The van der Waals surface area contributed by atoms with Crippen molar-refractivity contribution in [3.63, 3.8) is 0 Å². The van der Waals surface area contributed by atoms with Gasteiger partial charge >= 0.3 is 5.97 Å². The second-order valence-electron chi connectivity index (χ2n) is 5.11. The third-order valence-electron chi connectivity index (χ3n) is 3.51. The molecule has 1 aliphatic carbocycles. The highest BCUT2D eigenvalue weighted by Crippen LogP contribution is 2.34. The molecule has 2 rings (SSSR count). The summed E-state index contributed by atoms with van der Waals surface area (Å²) in [6, 6.07) is 5.73. The smallest absolute Gasteiger partial charge is 0.315 e. The molecule has 0 bridgehead atoms. The minimum atomic E-state index is -0.776. The summed E-state index contributed by atoms with van der Waals surface area (Å²) in [5, 5.41) is 0. The Morgan fingerprint density at radius 2 is 2.06 bits per heavy atom. The fourth-order valence-corrected chi connectivity index (χ4v) is 2.45. The molecule has 0 spiro atoms. The fourth-order valence-electron chi connectivity index (χ4n) is 2.45. The summed E-state index contributed by atoms with van der Waals surface area (Å²) in [6.07, 6.45) is 1.33. The molecule has 0 heterocycles. The number of carbonyl (C=O) groups excluding carboxylic acids is 2. The molecule has 0 fully saturated rings. The number of hydrogen-bond acceptors (Lipinski definition) is 3. The number of benzene rings is 1. The second-order valence-corrected chi connectivity index (χ2v) is 5.11. The predicted octanol–water partition coefficient (Wildman–Crippen LogP) is 2.66. The highest BCUT2D eigenvalue weighted by atomic mass is 16.5. The van der Waals surface area contributed by atoms with Crippen molar-refractivity contribution in [1.29, 1.82) is 0 Å². The first-order valence-corrected chi connectivity index (χ1v) is 6.31. The molecule has 3 heteroatoms. The van der Waals surface area contributed by atoms with Gasteiger partial charge in [-0.1, -0.05) is 18.2 Å². The van der Waals surface area contributed by atoms with Crippen LogP contribution in [-0.2, 0) is 21.4 Å². The van der Waals surface area contributed by atoms with Crippen LogP contribution in [0.3, 0.4) is 0 Å². The first-order valence-electron chi connectivity index (χ1n) is 6.31. The molecule has 3 nitrogen and oxygen atoms in total. The van der Waals surface area contributed by atoms with Crippen LogP contribution in [0.5, 0.6) is 0 Å². The van der Waals surface area contributed by atoms with Crippen LogP contribution in [0.2, 0.25) is 0 Å². The molecule has 0 atom stereocenters. The zero-order chi connectivity index (χ0) is 13.3. The number of hydrogen-bond donors (Lipinski definition) is 0. The maximum atomic E-state index is 12.0. The van der Waals surface area contributed by atoms with E-state index in [0.29, 0.717) is 13.0 Å². The Balaban J connectivity index is 2.49. The van der Waals surface area contributed by atoms with Crippen molar-refractivity contribution in [3.8, 4) is 0 Å². The van der Waals surface area contributed by atoms with Crippen molar-refractivity contribution >= 4 is 11.8 Å². The molecule has 0 saturated carbocycles. The van der Waals surface area contributed by atoms with Crippen molar-refractivity contribution in [1.82, 2.24) is 0 Å². The van der Waals surface area contributed by atoms with E-state index >= 15 is 0 Å². The number of esters is 1. The number of carbonyl (C=O) groups is 2. The van der Waals surface area contributed by atoms with E-state index < -0.39 is 5.41 Å². The van der Waals surface area contributed by atoms with Gasteiger partial charge in [-0.2, -0.15) is 0 Å². The third-order valence-corrected chi connectivity index (χ3v) is 3.51. The van der Waals surface area contributed by atoms with Gasteiger partial charge in [0.25, 0.3) is 0 Å². The Bertz CT molecular complexity index is 500. The van der Waals surface area contributed by atoms with Crippen LogP contribution in [-0.4, -0.2) is 18.4 Å². The largest absolute Gasteiger partial charge is 0.465 e. The average Bonchev–Trinajstić information content (AvgIpc) is 2.71. The van der Waals surface area contributed by atoms with Crippen LogP contribution >= 0.6 is 0 Å². The van der Waals surface area contributed by atoms with E-state index in [1.54, 1.807) is 6.92 Å². The van der Waals surface area contributed by atoms with Gasteiger partial charge in [0.15, 0.2) is 5.78 Å². The Labute approximate surface area is 107 Å². The van der Waals surface area contributed by atoms with Crippen LogP contribution in [0.15, 0.2) is 18.2 Å². The molecule has 0 N–H and O–H groups in total. The van der Waals surface area contributed by atoms with Crippen LogP contribution in [0, 0.1) is 0 Å². The van der Waals surface area contributed by atoms with Crippen molar-refractivity contribution in [2.24, 2.45) is 0 Å². The molecule has 18 heavy (non-hydrogen) atoms. The molecule has 0 radical (unpaired) electrons. The van der Waals surface area contributed by atoms with Gasteiger partial charge in [0, 0.05) is 12.0 Å². The van der Waals surface area contributed by atoms with Crippen molar-refractivity contribution < 1.29 is 14.3 Å². The summed E-state index contributed by atoms with van der Waals surface area (Å²) >= 11 is 0. The lowest BCUT2D eigenvalue weighted by Crippen LogP contribution is -2.32. The number of fused-ring (bicyclic) bond motifs is 1. The lowest BCUT2D eigenvalue weighted by molar-refractivity contribution is -0.148. The molecule has 1 aromatic rings. The van der Waals surface area contributed by atoms with E-state index in [-0.39, 0.29) is 11.8 Å². The Morgan fingerprint density at radius 1 is 1.33 bits per heavy atom. The third kappa shape index (κ3) is 1.94. The number of Topliss-reactive ketones (excluding diaryl/α,β-unsaturated/α-hetero) is 1. The minimum absolute atomic E-state index is 0.137. The van der Waals surface area contributed by atoms with E-state index in [0.717, 1.165) is 23.1 Å². The molecule has 0 aromatic heterocycles. The first-order chi connectivity index (χ1) is 8.48. The van der Waals surface area contributed by atoms with Gasteiger partial charge in [0.2, 0.25) is 0 Å². The van der Waals surface area contributed by atoms with Crippen LogP contribution in [0.1, 0.15) is 48.7 Å². The molecule has 0 saturated heterocycles. The van der Waals surface area contributed by atoms with Gasteiger partial charge in [-0.25, -0.2) is 0 Å². The van der Waals surface area contributed by atoms with Crippen LogP contribution in [0.4, 0.5) is 0 Å². The summed E-state index contributed by atoms with van der Waals surface area (Å²) in [5.41, 5.74) is 1.80. The molecule has 1 aliphatic rings. The topological polar surface area (TPSA) is 43.4 Å². The molecule has 0 aliphatic heterocycles. The van der Waals surface area contributed by atoms with E-state index in [1.807, 2.05) is 32.0 Å². The van der Waals surface area contributed by atoms with Gasteiger partial charge in [0.1, 0.15) is 0 Å². The number of ketones is 1. The number of aryl methyl sites for hydroxylation is 1. The standard InChI is InChI=1S/C15H18O3/c1-4-18-14(17)15(2,3)11-7-5-6-10-8-9-12(16)13(10)11/h5-7H,4,8-9H2,1-3H3. The maximum Gasteiger partial charge on any atom is 0.315 e. The zero-order valence-electron chi connectivity index (χ0n) is 11.1. The fraction of sp³-hybridized carbons (Fsp3) is 0.467. The first kappa shape index (κ1) is 12.8. The van der Waals surface area contributed by atoms with Gasteiger partial charge in [-0.3, -0.25) is 9.59 Å². The molecular weight excluding hydrogens is 228 g/mol. The maximum absolute atomic E-state index is 12.0. The summed E-state index contributed by atoms with van der Waals surface area (Å²) in [7, 11) is 0. The summed E-state index contributed by atoms with van der Waals surface area (Å²) < 4.78 is 5.11. The molecule has 0 amide bonds. The molecule has 0 unspecified atom stereocenters. The Kier molecular flexibility index (Phi) is 3.24. The van der Waals surface area contributed by atoms with Gasteiger partial charge in [-0.15, -0.1) is 0 Å². The summed E-state index contributed by atoms with van der Waals surface area (Å²) in [6.45, 7) is 5.76. The molecule has 1 aromatic carbocycles.